The van der Waals surface area contributed by atoms with Crippen LogP contribution in [0.15, 0.2) is 36.9 Å². The highest BCUT2D eigenvalue weighted by atomic mass is 35.5. The molecule has 5 atom stereocenters. The summed E-state index contributed by atoms with van der Waals surface area (Å²) in [5, 5.41) is 11.7. The fourth-order valence-corrected chi connectivity index (χ4v) is 6.63. The summed E-state index contributed by atoms with van der Waals surface area (Å²) in [5.74, 6) is -2.24. The van der Waals surface area contributed by atoms with Crippen LogP contribution < -0.4 is 26.0 Å². The fraction of sp³-hybridized carbons (Fsp3) is 0.600. The van der Waals surface area contributed by atoms with Crippen molar-refractivity contribution in [3.63, 3.8) is 0 Å². The monoisotopic (exact) mass is 712 g/mol. The van der Waals surface area contributed by atoms with Gasteiger partial charge in [-0.2, -0.15) is 0 Å². The maximum Gasteiger partial charge on any atom is 0.272 e. The van der Waals surface area contributed by atoms with E-state index in [0.717, 1.165) is 32.1 Å². The third-order valence-corrected chi connectivity index (χ3v) is 9.40. The molecule has 2 fully saturated rings. The Balaban J connectivity index is 1.61. The molecule has 3 heterocycles. The van der Waals surface area contributed by atoms with Gasteiger partial charge in [0, 0.05) is 38.1 Å². The number of ether oxygens (including phenoxy) is 1. The van der Waals surface area contributed by atoms with Gasteiger partial charge in [0.1, 0.15) is 36.0 Å². The molecule has 1 saturated heterocycles. The van der Waals surface area contributed by atoms with Gasteiger partial charge in [0.25, 0.3) is 5.91 Å². The number of rotatable bonds is 13. The second-order valence-corrected chi connectivity index (χ2v) is 14.4. The van der Waals surface area contributed by atoms with Crippen LogP contribution in [-0.2, 0) is 19.2 Å². The van der Waals surface area contributed by atoms with E-state index in [1.165, 1.54) is 36.7 Å². The molecule has 2 aliphatic rings. The Bertz CT molecular complexity index is 1480. The average Bonchev–Trinajstić information content (AvgIpc) is 3.53. The van der Waals surface area contributed by atoms with E-state index < -0.39 is 59.3 Å². The number of hydrogen-bond donors (Lipinski definition) is 4. The lowest BCUT2D eigenvalue weighted by Crippen LogP contribution is -2.62. The number of nitrogens with one attached hydrogen (secondary N) is 4. The Morgan fingerprint density at radius 2 is 1.72 bits per heavy atom. The Morgan fingerprint density at radius 1 is 0.980 bits per heavy atom. The maximum absolute atomic E-state index is 14.6. The number of carbonyl (C=O) groups is 5. The summed E-state index contributed by atoms with van der Waals surface area (Å²) in [4.78, 5) is 82.0. The summed E-state index contributed by atoms with van der Waals surface area (Å²) < 4.78 is 6.09. The minimum absolute atomic E-state index is 0.0254. The van der Waals surface area contributed by atoms with Gasteiger partial charge in [0.15, 0.2) is 0 Å². The number of likely N-dealkylation sites (N-methyl/N-ethyl adjacent to an activating group) is 1. The standard InChI is InChI=1S/C35H49ClN8O6/c1-6-10-24(30(45)37-5)41-32(47)26-17-23(50-27-14-13-22(36)18-40-27)20-44(26)34(49)29(35(2,3)4)43-33(48)28(21-11-8-7-9-12-21)42-31(46)25-19-38-15-16-39-25/h13-16,18-19,21,23-24,26,28-29H,6-12,17,20H2,1-5H3,(H,37,45)(H,41,47)(H,42,46)(H,43,48)/t23-,24+,26+,28+,29-/m1/s1. The minimum Gasteiger partial charge on any atom is -0.472 e. The number of carbonyl (C=O) groups excluding carboxylic acids is 5. The van der Waals surface area contributed by atoms with E-state index in [9.17, 15) is 24.0 Å². The van der Waals surface area contributed by atoms with Crippen LogP contribution in [0.4, 0.5) is 0 Å². The van der Waals surface area contributed by atoms with Crippen molar-refractivity contribution in [3.8, 4) is 5.88 Å². The van der Waals surface area contributed by atoms with Crippen LogP contribution in [0.2, 0.25) is 5.02 Å². The first-order chi connectivity index (χ1) is 23.8. The van der Waals surface area contributed by atoms with Crippen LogP contribution in [0.1, 0.15) is 89.5 Å². The van der Waals surface area contributed by atoms with Crippen molar-refractivity contribution < 1.29 is 28.7 Å². The van der Waals surface area contributed by atoms with Gasteiger partial charge in [0.05, 0.1) is 17.8 Å². The van der Waals surface area contributed by atoms with Crippen molar-refractivity contribution >= 4 is 41.1 Å². The Morgan fingerprint density at radius 3 is 2.32 bits per heavy atom. The molecule has 4 rings (SSSR count). The summed E-state index contributed by atoms with van der Waals surface area (Å²) in [6, 6.07) is -0.571. The molecule has 2 aromatic heterocycles. The number of nitrogens with zero attached hydrogens (tertiary/aromatic N) is 4. The van der Waals surface area contributed by atoms with Crippen LogP contribution in [0, 0.1) is 11.3 Å². The Kier molecular flexibility index (Phi) is 13.5. The Labute approximate surface area is 298 Å². The smallest absolute Gasteiger partial charge is 0.272 e. The molecule has 14 nitrogen and oxygen atoms in total. The predicted molar refractivity (Wildman–Crippen MR) is 186 cm³/mol. The summed E-state index contributed by atoms with van der Waals surface area (Å²) in [5.41, 5.74) is -0.724. The van der Waals surface area contributed by atoms with E-state index in [4.69, 9.17) is 16.3 Å². The zero-order chi connectivity index (χ0) is 36.4. The molecule has 0 bridgehead atoms. The van der Waals surface area contributed by atoms with E-state index in [0.29, 0.717) is 17.9 Å². The molecular formula is C35H49ClN8O6. The maximum atomic E-state index is 14.6. The van der Waals surface area contributed by atoms with Crippen LogP contribution in [0.5, 0.6) is 5.88 Å². The first-order valence-electron chi connectivity index (χ1n) is 17.3. The van der Waals surface area contributed by atoms with Gasteiger partial charge in [-0.3, -0.25) is 29.0 Å². The number of amides is 5. The van der Waals surface area contributed by atoms with E-state index >= 15 is 0 Å². The van der Waals surface area contributed by atoms with Crippen LogP contribution in [0.25, 0.3) is 0 Å². The summed E-state index contributed by atoms with van der Waals surface area (Å²) >= 11 is 6.00. The largest absolute Gasteiger partial charge is 0.472 e. The lowest BCUT2D eigenvalue weighted by Gasteiger charge is -2.37. The Hall–Kier alpha value is -4.33. The second-order valence-electron chi connectivity index (χ2n) is 14.0. The summed E-state index contributed by atoms with van der Waals surface area (Å²) in [7, 11) is 1.50. The number of likely N-dealkylation sites (tertiary alicyclic amines) is 1. The molecule has 2 aromatic rings. The van der Waals surface area contributed by atoms with Crippen molar-refractivity contribution in [2.45, 2.75) is 109 Å². The number of halogens is 1. The van der Waals surface area contributed by atoms with Gasteiger partial charge in [-0.15, -0.1) is 0 Å². The SMILES string of the molecule is CCC[C@H](NC(=O)[C@@H]1C[C@@H](Oc2ccc(Cl)cn2)CN1C(=O)[C@@H](NC(=O)[C@@H](NC(=O)c1cnccn1)C1CCCCC1)C(C)(C)C)C(=O)NC. The van der Waals surface area contributed by atoms with Crippen molar-refractivity contribution in [1.82, 2.24) is 41.1 Å². The lowest BCUT2D eigenvalue weighted by molar-refractivity contribution is -0.145. The average molecular weight is 713 g/mol. The van der Waals surface area contributed by atoms with Gasteiger partial charge in [-0.25, -0.2) is 9.97 Å². The fourth-order valence-electron chi connectivity index (χ4n) is 6.52. The third kappa shape index (κ3) is 10.1. The topological polar surface area (TPSA) is 185 Å². The predicted octanol–water partition coefficient (Wildman–Crippen LogP) is 2.81. The molecule has 272 valence electrons. The third-order valence-electron chi connectivity index (χ3n) is 9.18. The molecule has 0 spiro atoms. The lowest BCUT2D eigenvalue weighted by atomic mass is 9.82. The van der Waals surface area contributed by atoms with Gasteiger partial charge >= 0.3 is 0 Å². The molecule has 1 aliphatic carbocycles. The molecule has 0 unspecified atom stereocenters. The van der Waals surface area contributed by atoms with E-state index in [2.05, 4.69) is 36.2 Å². The first-order valence-corrected chi connectivity index (χ1v) is 17.7. The van der Waals surface area contributed by atoms with Gasteiger partial charge in [-0.1, -0.05) is 65.0 Å². The molecule has 5 amide bonds. The van der Waals surface area contributed by atoms with Crippen LogP contribution >= 0.6 is 11.6 Å². The van der Waals surface area contributed by atoms with Crippen molar-refractivity contribution in [2.75, 3.05) is 13.6 Å². The highest BCUT2D eigenvalue weighted by Crippen LogP contribution is 2.30. The number of hydrogen-bond acceptors (Lipinski definition) is 9. The molecule has 50 heavy (non-hydrogen) atoms. The summed E-state index contributed by atoms with van der Waals surface area (Å²) in [6.45, 7) is 7.40. The van der Waals surface area contributed by atoms with Crippen LogP contribution in [-0.4, -0.2) is 93.3 Å². The normalized spacial score (nSPS) is 19.8. The first kappa shape index (κ1) is 38.5. The second kappa shape index (κ2) is 17.6. The highest BCUT2D eigenvalue weighted by molar-refractivity contribution is 6.30. The molecule has 1 saturated carbocycles. The molecule has 1 aliphatic heterocycles. The highest BCUT2D eigenvalue weighted by Gasteiger charge is 2.47. The van der Waals surface area contributed by atoms with Gasteiger partial charge < -0.3 is 30.9 Å². The summed E-state index contributed by atoms with van der Waals surface area (Å²) in [6.07, 6.45) is 10.5. The van der Waals surface area contributed by atoms with Crippen molar-refractivity contribution in [3.05, 3.63) is 47.6 Å². The molecule has 0 radical (unpaired) electrons. The minimum atomic E-state index is -1.08. The van der Waals surface area contributed by atoms with Gasteiger partial charge in [0.2, 0.25) is 29.5 Å². The van der Waals surface area contributed by atoms with Gasteiger partial charge in [-0.05, 0) is 36.7 Å². The van der Waals surface area contributed by atoms with E-state index in [1.807, 2.05) is 27.7 Å². The van der Waals surface area contributed by atoms with E-state index in [-0.39, 0.29) is 36.4 Å². The van der Waals surface area contributed by atoms with Crippen LogP contribution in [0.3, 0.4) is 0 Å². The quantitative estimate of drug-likeness (QED) is 0.243. The molecule has 15 heteroatoms. The molecule has 0 aromatic carbocycles. The molecule has 4 N–H and O–H groups in total. The number of aromatic nitrogens is 3. The molecular weight excluding hydrogens is 664 g/mol. The zero-order valence-corrected chi connectivity index (χ0v) is 30.2. The number of pyridine rings is 1. The van der Waals surface area contributed by atoms with E-state index in [1.54, 1.807) is 12.1 Å². The zero-order valence-electron chi connectivity index (χ0n) is 29.4. The van der Waals surface area contributed by atoms with Crippen molar-refractivity contribution in [1.29, 1.82) is 0 Å². The van der Waals surface area contributed by atoms with Crippen molar-refractivity contribution in [2.24, 2.45) is 11.3 Å².